The molecule has 0 amide bonds. The predicted molar refractivity (Wildman–Crippen MR) is 89.5 cm³/mol. The van der Waals surface area contributed by atoms with Gasteiger partial charge in [0.15, 0.2) is 0 Å². The predicted octanol–water partition coefficient (Wildman–Crippen LogP) is 5.53. The molecule has 76 valence electrons. The molecule has 0 unspecified atom stereocenters. The third kappa shape index (κ3) is 4.34. The Bertz CT molecular complexity index is 306. The number of allylic oxidation sites excluding steroid dienone is 1. The van der Waals surface area contributed by atoms with Crippen molar-refractivity contribution in [2.24, 2.45) is 0 Å². The quantitative estimate of drug-likeness (QED) is 0.361. The van der Waals surface area contributed by atoms with Gasteiger partial charge in [-0.15, -0.1) is 0 Å². The summed E-state index contributed by atoms with van der Waals surface area (Å²) in [6.45, 7) is 2.15. The molecular formula is C11H11I3. The van der Waals surface area contributed by atoms with Crippen molar-refractivity contribution in [3.05, 3.63) is 41.5 Å². The number of benzene rings is 1. The summed E-state index contributed by atoms with van der Waals surface area (Å²) >= 11 is 7.31. The maximum atomic E-state index is 2.44. The molecule has 0 aromatic heterocycles. The lowest BCUT2D eigenvalue weighted by atomic mass is 10.1. The molecule has 0 heterocycles. The average Bonchev–Trinajstić information content (AvgIpc) is 2.14. The van der Waals surface area contributed by atoms with Gasteiger partial charge < -0.3 is 0 Å². The van der Waals surface area contributed by atoms with Crippen LogP contribution in [-0.4, -0.2) is 0 Å². The van der Waals surface area contributed by atoms with E-state index in [-0.39, 0.29) is -0.565 Å². The lowest BCUT2D eigenvalue weighted by Gasteiger charge is -2.12. The number of alkyl halides is 3. The van der Waals surface area contributed by atoms with Crippen molar-refractivity contribution in [1.82, 2.24) is 0 Å². The summed E-state index contributed by atoms with van der Waals surface area (Å²) < 4.78 is 0.167. The molecule has 0 bridgehead atoms. The molecule has 3 heteroatoms. The largest absolute Gasteiger partial charge is 0.149 e. The van der Waals surface area contributed by atoms with E-state index < -0.39 is 0 Å². The van der Waals surface area contributed by atoms with Crippen LogP contribution >= 0.6 is 67.8 Å². The molecule has 0 nitrogen and oxygen atoms in total. The van der Waals surface area contributed by atoms with Crippen LogP contribution in [0.1, 0.15) is 24.5 Å². The van der Waals surface area contributed by atoms with E-state index in [1.54, 1.807) is 0 Å². The Hall–Kier alpha value is 1.15. The Morgan fingerprint density at radius 1 is 1.14 bits per heavy atom. The molecule has 0 fully saturated rings. The van der Waals surface area contributed by atoms with E-state index in [4.69, 9.17) is 0 Å². The van der Waals surface area contributed by atoms with Crippen LogP contribution in [0.4, 0.5) is 0 Å². The zero-order chi connectivity index (χ0) is 10.6. The van der Waals surface area contributed by atoms with E-state index >= 15 is 0 Å². The SMILES string of the molecule is CC/C=C/c1ccc(C(I)(I)I)cc1. The van der Waals surface area contributed by atoms with E-state index in [1.807, 2.05) is 0 Å². The van der Waals surface area contributed by atoms with E-state index in [1.165, 1.54) is 11.1 Å². The molecule has 0 saturated heterocycles. The van der Waals surface area contributed by atoms with Gasteiger partial charge in [0.2, 0.25) is 0 Å². The first-order chi connectivity index (χ1) is 6.54. The monoisotopic (exact) mass is 524 g/mol. The summed E-state index contributed by atoms with van der Waals surface area (Å²) in [6, 6.07) is 8.74. The Morgan fingerprint density at radius 2 is 1.71 bits per heavy atom. The fraction of sp³-hybridized carbons (Fsp3) is 0.273. The normalized spacial score (nSPS) is 12.3. The Morgan fingerprint density at radius 3 is 2.14 bits per heavy atom. The van der Waals surface area contributed by atoms with Crippen molar-refractivity contribution >= 4 is 73.8 Å². The first-order valence-corrected chi connectivity index (χ1v) is 7.61. The first-order valence-electron chi connectivity index (χ1n) is 4.38. The standard InChI is InChI=1S/C11H11I3/c1-2-3-4-9-5-7-10(8-6-9)11(12,13)14/h3-8H,2H2,1H3/b4-3+. The van der Waals surface area contributed by atoms with Crippen LogP contribution in [0.5, 0.6) is 0 Å². The van der Waals surface area contributed by atoms with Crippen molar-refractivity contribution in [3.8, 4) is 0 Å². The second kappa shape index (κ2) is 6.03. The lowest BCUT2D eigenvalue weighted by Crippen LogP contribution is -1.95. The zero-order valence-electron chi connectivity index (χ0n) is 7.81. The van der Waals surface area contributed by atoms with Crippen molar-refractivity contribution < 1.29 is 0 Å². The van der Waals surface area contributed by atoms with Crippen LogP contribution in [0, 0.1) is 0 Å². The highest BCUT2D eigenvalue weighted by molar-refractivity contribution is 14.3. The third-order valence-corrected chi connectivity index (χ3v) is 3.65. The molecule has 0 radical (unpaired) electrons. The molecule has 1 aromatic rings. The second-order valence-corrected chi connectivity index (χ2v) is 14.0. The van der Waals surface area contributed by atoms with Crippen molar-refractivity contribution in [3.63, 3.8) is 0 Å². The van der Waals surface area contributed by atoms with Crippen molar-refractivity contribution in [1.29, 1.82) is 0 Å². The van der Waals surface area contributed by atoms with Gasteiger partial charge in [-0.1, -0.05) is 43.3 Å². The maximum absolute atomic E-state index is 2.44. The van der Waals surface area contributed by atoms with E-state index in [0.29, 0.717) is 0 Å². The molecule has 14 heavy (non-hydrogen) atoms. The van der Waals surface area contributed by atoms with Gasteiger partial charge in [0.05, 0.1) is 0 Å². The topological polar surface area (TPSA) is 0 Å². The summed E-state index contributed by atoms with van der Waals surface area (Å²) in [5.74, 6) is 0. The molecular weight excluding hydrogens is 513 g/mol. The molecule has 1 aromatic carbocycles. The fourth-order valence-electron chi connectivity index (χ4n) is 1.04. The van der Waals surface area contributed by atoms with Crippen LogP contribution in [0.3, 0.4) is 0 Å². The van der Waals surface area contributed by atoms with Crippen molar-refractivity contribution in [2.45, 2.75) is 12.8 Å². The van der Waals surface area contributed by atoms with Crippen LogP contribution in [0.15, 0.2) is 30.3 Å². The molecule has 0 aliphatic rings. The molecule has 0 aliphatic heterocycles. The molecule has 0 N–H and O–H groups in total. The number of halogens is 3. The smallest absolute Gasteiger partial charge is 0.0842 e. The summed E-state index contributed by atoms with van der Waals surface area (Å²) in [6.07, 6.45) is 5.44. The number of hydrogen-bond acceptors (Lipinski definition) is 0. The van der Waals surface area contributed by atoms with Gasteiger partial charge >= 0.3 is 0 Å². The van der Waals surface area contributed by atoms with Gasteiger partial charge in [-0.25, -0.2) is 0 Å². The Labute approximate surface area is 126 Å². The van der Waals surface area contributed by atoms with Gasteiger partial charge in [-0.2, -0.15) is 0 Å². The molecule has 0 aliphatic carbocycles. The minimum absolute atomic E-state index is 0.167. The minimum atomic E-state index is 0.167. The molecule has 0 spiro atoms. The third-order valence-electron chi connectivity index (χ3n) is 1.78. The zero-order valence-corrected chi connectivity index (χ0v) is 14.3. The van der Waals surface area contributed by atoms with Gasteiger partial charge in [0, 0.05) is 0 Å². The van der Waals surface area contributed by atoms with Crippen LogP contribution in [0.25, 0.3) is 6.08 Å². The molecule has 0 saturated carbocycles. The second-order valence-electron chi connectivity index (χ2n) is 2.93. The summed E-state index contributed by atoms with van der Waals surface area (Å²) in [7, 11) is 0. The highest BCUT2D eigenvalue weighted by atomic mass is 127. The van der Waals surface area contributed by atoms with Crippen LogP contribution in [-0.2, 0) is -0.565 Å². The Kier molecular flexibility index (Phi) is 5.69. The summed E-state index contributed by atoms with van der Waals surface area (Å²) in [5, 5.41) is 0. The first kappa shape index (κ1) is 13.2. The molecule has 0 atom stereocenters. The lowest BCUT2D eigenvalue weighted by molar-refractivity contribution is 1.23. The van der Waals surface area contributed by atoms with E-state index in [9.17, 15) is 0 Å². The van der Waals surface area contributed by atoms with Gasteiger partial charge in [-0.05, 0) is 85.3 Å². The van der Waals surface area contributed by atoms with Crippen LogP contribution in [0.2, 0.25) is 0 Å². The van der Waals surface area contributed by atoms with Crippen molar-refractivity contribution in [2.75, 3.05) is 0 Å². The fourth-order valence-corrected chi connectivity index (χ4v) is 2.12. The van der Waals surface area contributed by atoms with Gasteiger partial charge in [0.25, 0.3) is 0 Å². The van der Waals surface area contributed by atoms with E-state index in [0.717, 1.165) is 6.42 Å². The highest BCUT2D eigenvalue weighted by Crippen LogP contribution is 2.45. The Balaban J connectivity index is 2.84. The maximum Gasteiger partial charge on any atom is 0.149 e. The van der Waals surface area contributed by atoms with E-state index in [2.05, 4.69) is 111 Å². The van der Waals surface area contributed by atoms with Crippen LogP contribution < -0.4 is 0 Å². The summed E-state index contributed by atoms with van der Waals surface area (Å²) in [4.78, 5) is 0. The minimum Gasteiger partial charge on any atom is -0.0842 e. The number of hydrogen-bond donors (Lipinski definition) is 0. The average molecular weight is 524 g/mol. The van der Waals surface area contributed by atoms with Gasteiger partial charge in [-0.3, -0.25) is 0 Å². The highest BCUT2D eigenvalue weighted by Gasteiger charge is 2.19. The molecule has 1 rings (SSSR count). The summed E-state index contributed by atoms with van der Waals surface area (Å²) in [5.41, 5.74) is 2.64. The van der Waals surface area contributed by atoms with Gasteiger partial charge in [0.1, 0.15) is -0.565 Å². The number of rotatable bonds is 3.